The summed E-state index contributed by atoms with van der Waals surface area (Å²) in [6, 6.07) is 6.08. The van der Waals surface area contributed by atoms with Crippen molar-refractivity contribution in [2.45, 2.75) is 37.1 Å². The number of carbonyl (C=O) groups excluding carboxylic acids is 2. The van der Waals surface area contributed by atoms with Gasteiger partial charge in [0, 0.05) is 32.3 Å². The Kier molecular flexibility index (Phi) is 10.8. The number of amides is 1. The van der Waals surface area contributed by atoms with Crippen LogP contribution in [0.25, 0.3) is 5.57 Å². The standard InChI is InChI=1S/C23H28F3NO5S2/c1-4-11-32-18(28)9-10-27-21(29)20(34-22(27)33)19(15(2)23(24,25)26)16-7-5-8-17(14-16)31-13-6-12-30-3/h5,7-8,14,22,33H,2,4,6,9-13H2,1,3H3/b20-19+. The summed E-state index contributed by atoms with van der Waals surface area (Å²) in [5, 5.41) is 0. The summed E-state index contributed by atoms with van der Waals surface area (Å²) in [6.45, 7) is 6.12. The lowest BCUT2D eigenvalue weighted by atomic mass is 9.97. The number of carbonyl (C=O) groups is 2. The monoisotopic (exact) mass is 519 g/mol. The largest absolute Gasteiger partial charge is 0.493 e. The summed E-state index contributed by atoms with van der Waals surface area (Å²) >= 11 is 5.23. The van der Waals surface area contributed by atoms with Crippen molar-refractivity contribution in [3.63, 3.8) is 0 Å². The molecule has 1 saturated heterocycles. The molecule has 0 saturated carbocycles. The first kappa shape index (κ1) is 28.1. The molecule has 0 N–H and O–H groups in total. The van der Waals surface area contributed by atoms with E-state index in [2.05, 4.69) is 19.2 Å². The van der Waals surface area contributed by atoms with Crippen LogP contribution < -0.4 is 4.74 Å². The molecule has 0 aromatic heterocycles. The van der Waals surface area contributed by atoms with Gasteiger partial charge in [-0.3, -0.25) is 9.59 Å². The third kappa shape index (κ3) is 7.71. The Balaban J connectivity index is 2.35. The van der Waals surface area contributed by atoms with Crippen molar-refractivity contribution >= 4 is 41.8 Å². The maximum Gasteiger partial charge on any atom is 0.416 e. The molecule has 2 rings (SSSR count). The third-order valence-corrected chi connectivity index (χ3v) is 6.40. The Morgan fingerprint density at radius 3 is 2.65 bits per heavy atom. The van der Waals surface area contributed by atoms with Gasteiger partial charge in [0.2, 0.25) is 0 Å². The van der Waals surface area contributed by atoms with Crippen LogP contribution in [0.15, 0.2) is 41.3 Å². The minimum atomic E-state index is -4.76. The zero-order chi connectivity index (χ0) is 25.3. The van der Waals surface area contributed by atoms with Gasteiger partial charge in [-0.25, -0.2) is 0 Å². The van der Waals surface area contributed by atoms with Crippen LogP contribution in [-0.2, 0) is 19.1 Å². The van der Waals surface area contributed by atoms with E-state index in [-0.39, 0.29) is 35.6 Å². The molecule has 188 valence electrons. The van der Waals surface area contributed by atoms with Crippen molar-refractivity contribution in [3.8, 4) is 5.75 Å². The second-order valence-corrected chi connectivity index (χ2v) is 9.25. The van der Waals surface area contributed by atoms with E-state index in [1.54, 1.807) is 19.2 Å². The van der Waals surface area contributed by atoms with Gasteiger partial charge in [0.15, 0.2) is 0 Å². The van der Waals surface area contributed by atoms with E-state index in [1.807, 2.05) is 6.92 Å². The number of esters is 1. The molecule has 34 heavy (non-hydrogen) atoms. The van der Waals surface area contributed by atoms with Crippen molar-refractivity contribution in [3.05, 3.63) is 46.9 Å². The molecule has 6 nitrogen and oxygen atoms in total. The van der Waals surface area contributed by atoms with Crippen LogP contribution in [0.1, 0.15) is 31.7 Å². The summed E-state index contributed by atoms with van der Waals surface area (Å²) in [6.07, 6.45) is -3.58. The van der Waals surface area contributed by atoms with Crippen LogP contribution in [0.2, 0.25) is 0 Å². The molecule has 0 aliphatic carbocycles. The van der Waals surface area contributed by atoms with Crippen molar-refractivity contribution in [1.82, 2.24) is 4.90 Å². The van der Waals surface area contributed by atoms with Gasteiger partial charge in [0.25, 0.3) is 5.91 Å². The molecule has 1 fully saturated rings. The highest BCUT2D eigenvalue weighted by molar-refractivity contribution is 8.14. The van der Waals surface area contributed by atoms with E-state index < -0.39 is 28.3 Å². The lowest BCUT2D eigenvalue weighted by Crippen LogP contribution is -2.32. The average molecular weight is 520 g/mol. The van der Waals surface area contributed by atoms with Crippen LogP contribution >= 0.6 is 24.4 Å². The van der Waals surface area contributed by atoms with Crippen LogP contribution in [0, 0.1) is 0 Å². The molecular weight excluding hydrogens is 491 g/mol. The van der Waals surface area contributed by atoms with Crippen LogP contribution in [-0.4, -0.2) is 61.1 Å². The number of benzene rings is 1. The number of allylic oxidation sites excluding steroid dienone is 2. The fourth-order valence-electron chi connectivity index (χ4n) is 3.05. The van der Waals surface area contributed by atoms with Gasteiger partial charge in [0.05, 0.1) is 30.1 Å². The lowest BCUT2D eigenvalue weighted by Gasteiger charge is -2.19. The van der Waals surface area contributed by atoms with Crippen LogP contribution in [0.4, 0.5) is 13.2 Å². The highest BCUT2D eigenvalue weighted by Crippen LogP contribution is 2.46. The molecule has 1 aromatic rings. The summed E-state index contributed by atoms with van der Waals surface area (Å²) in [5.41, 5.74) is -1.34. The number of ether oxygens (including phenoxy) is 3. The zero-order valence-electron chi connectivity index (χ0n) is 19.0. The van der Waals surface area contributed by atoms with E-state index in [0.29, 0.717) is 31.8 Å². The summed E-state index contributed by atoms with van der Waals surface area (Å²) in [7, 11) is 1.56. The predicted octanol–water partition coefficient (Wildman–Crippen LogP) is 5.06. The molecule has 0 bridgehead atoms. The molecular formula is C23H28F3NO5S2. The van der Waals surface area contributed by atoms with Crippen LogP contribution in [0.5, 0.6) is 5.75 Å². The SMILES string of the molecule is C=C(/C(=C1\SC(S)N(CCC(=O)OCCC)C1=O)c1cccc(OCCCOC)c1)C(F)(F)F. The highest BCUT2D eigenvalue weighted by Gasteiger charge is 2.42. The molecule has 1 atom stereocenters. The molecule has 1 aliphatic heterocycles. The van der Waals surface area contributed by atoms with E-state index in [1.165, 1.54) is 17.0 Å². The molecule has 1 unspecified atom stereocenters. The van der Waals surface area contributed by atoms with Crippen LogP contribution in [0.3, 0.4) is 0 Å². The summed E-state index contributed by atoms with van der Waals surface area (Å²) in [4.78, 5) is 26.0. The smallest absolute Gasteiger partial charge is 0.416 e. The quantitative estimate of drug-likeness (QED) is 0.180. The van der Waals surface area contributed by atoms with Crippen molar-refractivity contribution < 1.29 is 37.0 Å². The number of methoxy groups -OCH3 is 1. The Bertz CT molecular complexity index is 920. The Labute approximate surface area is 206 Å². The van der Waals surface area contributed by atoms with Gasteiger partial charge in [-0.1, -0.05) is 37.4 Å². The topological polar surface area (TPSA) is 65.1 Å². The first-order chi connectivity index (χ1) is 16.1. The van der Waals surface area contributed by atoms with E-state index in [4.69, 9.17) is 14.2 Å². The Morgan fingerprint density at radius 2 is 2.00 bits per heavy atom. The number of thiol groups is 1. The molecule has 11 heteroatoms. The van der Waals surface area contributed by atoms with Crippen molar-refractivity contribution in [1.29, 1.82) is 0 Å². The van der Waals surface area contributed by atoms with Gasteiger partial charge in [-0.2, -0.15) is 13.2 Å². The molecule has 1 aromatic carbocycles. The second-order valence-electron chi connectivity index (χ2n) is 7.32. The second kappa shape index (κ2) is 13.1. The maximum absolute atomic E-state index is 13.7. The number of thioether (sulfide) groups is 1. The van der Waals surface area contributed by atoms with Gasteiger partial charge in [0.1, 0.15) is 10.5 Å². The minimum Gasteiger partial charge on any atom is -0.493 e. The molecule has 0 radical (unpaired) electrons. The van der Waals surface area contributed by atoms with Crippen molar-refractivity contribution in [2.75, 3.05) is 33.5 Å². The van der Waals surface area contributed by atoms with E-state index in [9.17, 15) is 22.8 Å². The number of nitrogens with zero attached hydrogens (tertiary/aromatic N) is 1. The van der Waals surface area contributed by atoms with E-state index in [0.717, 1.165) is 11.8 Å². The molecule has 1 amide bonds. The Morgan fingerprint density at radius 1 is 1.26 bits per heavy atom. The Hall–Kier alpha value is -2.11. The number of halogens is 3. The fourth-order valence-corrected chi connectivity index (χ4v) is 4.70. The maximum atomic E-state index is 13.7. The summed E-state index contributed by atoms with van der Waals surface area (Å²) < 4.78 is 56.0. The van der Waals surface area contributed by atoms with Gasteiger partial charge >= 0.3 is 12.1 Å². The first-order valence-corrected chi connectivity index (χ1v) is 12.0. The summed E-state index contributed by atoms with van der Waals surface area (Å²) in [5.74, 6) is -0.786. The number of hydrogen-bond donors (Lipinski definition) is 1. The highest BCUT2D eigenvalue weighted by atomic mass is 32.2. The van der Waals surface area contributed by atoms with E-state index >= 15 is 0 Å². The number of rotatable bonds is 12. The molecule has 0 spiro atoms. The zero-order valence-corrected chi connectivity index (χ0v) is 20.7. The third-order valence-electron chi connectivity index (χ3n) is 4.72. The van der Waals surface area contributed by atoms with Gasteiger partial charge in [-0.05, 0) is 24.1 Å². The number of hydrogen-bond acceptors (Lipinski definition) is 7. The number of alkyl halides is 3. The first-order valence-electron chi connectivity index (χ1n) is 10.6. The minimum absolute atomic E-state index is 0.0273. The molecule has 1 aliphatic rings. The normalized spacial score (nSPS) is 17.6. The van der Waals surface area contributed by atoms with Crippen molar-refractivity contribution in [2.24, 2.45) is 0 Å². The van der Waals surface area contributed by atoms with Gasteiger partial charge < -0.3 is 19.1 Å². The predicted molar refractivity (Wildman–Crippen MR) is 128 cm³/mol. The average Bonchev–Trinajstić information content (AvgIpc) is 3.06. The lowest BCUT2D eigenvalue weighted by molar-refractivity contribution is -0.144. The fraction of sp³-hybridized carbons (Fsp3) is 0.478. The van der Waals surface area contributed by atoms with Gasteiger partial charge in [-0.15, -0.1) is 12.6 Å². The molecule has 1 heterocycles.